The molecule has 0 saturated carbocycles. The van der Waals surface area contributed by atoms with E-state index in [9.17, 15) is 8.42 Å². The molecule has 0 heterocycles. The van der Waals surface area contributed by atoms with Gasteiger partial charge in [-0.3, -0.25) is 4.99 Å². The molecule has 3 N–H and O–H groups in total. The molecule has 1 atom stereocenters. The second-order valence-electron chi connectivity index (χ2n) is 4.26. The van der Waals surface area contributed by atoms with Crippen LogP contribution in [-0.4, -0.2) is 39.0 Å². The van der Waals surface area contributed by atoms with E-state index in [0.717, 1.165) is 0 Å². The van der Waals surface area contributed by atoms with Crippen LogP contribution < -0.4 is 11.1 Å². The summed E-state index contributed by atoms with van der Waals surface area (Å²) in [6.07, 6.45) is 1.20. The predicted molar refractivity (Wildman–Crippen MR) is 63.6 cm³/mol. The first-order chi connectivity index (χ1) is 6.70. The number of rotatable bonds is 5. The Morgan fingerprint density at radius 3 is 2.33 bits per heavy atom. The summed E-state index contributed by atoms with van der Waals surface area (Å²) in [6.45, 7) is 6.48. The number of aliphatic imine (C=N–C) groups is 1. The molecule has 0 aromatic rings. The summed E-state index contributed by atoms with van der Waals surface area (Å²) in [4.78, 5) is 4.08. The van der Waals surface area contributed by atoms with Crippen molar-refractivity contribution in [1.29, 1.82) is 0 Å². The lowest BCUT2D eigenvalue weighted by Gasteiger charge is -2.13. The number of guanidine groups is 1. The van der Waals surface area contributed by atoms with Crippen molar-refractivity contribution >= 4 is 15.8 Å². The second-order valence-corrected chi connectivity index (χ2v) is 6.44. The lowest BCUT2D eigenvalue weighted by molar-refractivity contribution is 0.590. The summed E-state index contributed by atoms with van der Waals surface area (Å²) in [6, 6.07) is -0.212. The van der Waals surface area contributed by atoms with E-state index in [1.165, 1.54) is 6.26 Å². The first-order valence-electron chi connectivity index (χ1n) is 4.95. The van der Waals surface area contributed by atoms with E-state index in [1.54, 1.807) is 6.92 Å². The van der Waals surface area contributed by atoms with Crippen molar-refractivity contribution in [1.82, 2.24) is 5.32 Å². The SMILES string of the molecule is CC(C)CN=C(N)NC(C)CS(C)(=O)=O. The summed E-state index contributed by atoms with van der Waals surface area (Å²) >= 11 is 0. The zero-order valence-corrected chi connectivity index (χ0v) is 10.6. The lowest BCUT2D eigenvalue weighted by atomic mass is 10.2. The zero-order chi connectivity index (χ0) is 12.1. The molecule has 0 aromatic heterocycles. The number of nitrogens with two attached hydrogens (primary N) is 1. The third-order valence-electron chi connectivity index (χ3n) is 1.57. The first-order valence-corrected chi connectivity index (χ1v) is 7.01. The highest BCUT2D eigenvalue weighted by Crippen LogP contribution is 1.92. The number of hydrogen-bond donors (Lipinski definition) is 2. The molecule has 15 heavy (non-hydrogen) atoms. The van der Waals surface area contributed by atoms with Crippen LogP contribution >= 0.6 is 0 Å². The third kappa shape index (κ3) is 9.52. The number of nitrogens with zero attached hydrogens (tertiary/aromatic N) is 1. The molecule has 0 spiro atoms. The van der Waals surface area contributed by atoms with Crippen LogP contribution in [0.4, 0.5) is 0 Å². The minimum Gasteiger partial charge on any atom is -0.370 e. The molecule has 6 heteroatoms. The Labute approximate surface area is 92.1 Å². The molecule has 0 aliphatic heterocycles. The lowest BCUT2D eigenvalue weighted by Crippen LogP contribution is -2.42. The molecule has 0 radical (unpaired) electrons. The Balaban J connectivity index is 4.07. The van der Waals surface area contributed by atoms with Crippen LogP contribution in [0.25, 0.3) is 0 Å². The Kier molecular flexibility index (Phi) is 5.64. The van der Waals surface area contributed by atoms with Crippen molar-refractivity contribution in [2.45, 2.75) is 26.8 Å². The van der Waals surface area contributed by atoms with Gasteiger partial charge in [-0.25, -0.2) is 8.42 Å². The van der Waals surface area contributed by atoms with Gasteiger partial charge in [0.1, 0.15) is 9.84 Å². The Morgan fingerprint density at radius 2 is 1.93 bits per heavy atom. The van der Waals surface area contributed by atoms with Gasteiger partial charge in [-0.1, -0.05) is 13.8 Å². The minimum atomic E-state index is -2.97. The molecule has 0 bridgehead atoms. The Hall–Kier alpha value is -0.780. The van der Waals surface area contributed by atoms with Crippen molar-refractivity contribution < 1.29 is 8.42 Å². The number of hydrogen-bond acceptors (Lipinski definition) is 3. The molecule has 0 aliphatic carbocycles. The maximum Gasteiger partial charge on any atom is 0.188 e. The van der Waals surface area contributed by atoms with Crippen LogP contribution in [0.3, 0.4) is 0 Å². The van der Waals surface area contributed by atoms with Gasteiger partial charge in [0, 0.05) is 18.8 Å². The van der Waals surface area contributed by atoms with E-state index in [-0.39, 0.29) is 11.8 Å². The van der Waals surface area contributed by atoms with Crippen molar-refractivity contribution in [3.63, 3.8) is 0 Å². The van der Waals surface area contributed by atoms with Gasteiger partial charge < -0.3 is 11.1 Å². The van der Waals surface area contributed by atoms with Crippen LogP contribution in [0.2, 0.25) is 0 Å². The average Bonchev–Trinajstić information content (AvgIpc) is 1.96. The van der Waals surface area contributed by atoms with E-state index in [1.807, 2.05) is 13.8 Å². The summed E-state index contributed by atoms with van der Waals surface area (Å²) in [7, 11) is -2.97. The van der Waals surface area contributed by atoms with E-state index in [0.29, 0.717) is 18.4 Å². The van der Waals surface area contributed by atoms with Crippen LogP contribution in [0.5, 0.6) is 0 Å². The summed E-state index contributed by atoms with van der Waals surface area (Å²) in [5.41, 5.74) is 5.59. The van der Waals surface area contributed by atoms with E-state index in [2.05, 4.69) is 10.3 Å². The fourth-order valence-corrected chi connectivity index (χ4v) is 2.07. The first kappa shape index (κ1) is 14.2. The van der Waals surface area contributed by atoms with Crippen molar-refractivity contribution in [2.75, 3.05) is 18.6 Å². The third-order valence-corrected chi connectivity index (χ3v) is 2.68. The second kappa shape index (κ2) is 5.95. The topological polar surface area (TPSA) is 84.5 Å². The van der Waals surface area contributed by atoms with Crippen molar-refractivity contribution in [2.24, 2.45) is 16.6 Å². The largest absolute Gasteiger partial charge is 0.370 e. The highest BCUT2D eigenvalue weighted by atomic mass is 32.2. The maximum absolute atomic E-state index is 11.0. The van der Waals surface area contributed by atoms with Gasteiger partial charge in [0.05, 0.1) is 5.75 Å². The molecule has 0 saturated heterocycles. The monoisotopic (exact) mass is 235 g/mol. The standard InChI is InChI=1S/C9H21N3O2S/c1-7(2)5-11-9(10)12-8(3)6-15(4,13)14/h7-8H,5-6H2,1-4H3,(H3,10,11,12). The molecule has 0 aromatic carbocycles. The minimum absolute atomic E-state index is 0.0604. The molecule has 0 aliphatic rings. The Morgan fingerprint density at radius 1 is 1.40 bits per heavy atom. The van der Waals surface area contributed by atoms with E-state index < -0.39 is 9.84 Å². The average molecular weight is 235 g/mol. The highest BCUT2D eigenvalue weighted by molar-refractivity contribution is 7.90. The molecule has 0 rings (SSSR count). The highest BCUT2D eigenvalue weighted by Gasteiger charge is 2.10. The number of nitrogens with one attached hydrogen (secondary N) is 1. The fourth-order valence-electron chi connectivity index (χ4n) is 1.07. The van der Waals surface area contributed by atoms with Gasteiger partial charge in [0.2, 0.25) is 0 Å². The van der Waals surface area contributed by atoms with Gasteiger partial charge in [-0.15, -0.1) is 0 Å². The summed E-state index contributed by atoms with van der Waals surface area (Å²) < 4.78 is 21.9. The summed E-state index contributed by atoms with van der Waals surface area (Å²) in [5, 5.41) is 2.84. The van der Waals surface area contributed by atoms with Crippen LogP contribution in [0.15, 0.2) is 4.99 Å². The van der Waals surface area contributed by atoms with E-state index >= 15 is 0 Å². The van der Waals surface area contributed by atoms with Gasteiger partial charge >= 0.3 is 0 Å². The van der Waals surface area contributed by atoms with Crippen LogP contribution in [-0.2, 0) is 9.84 Å². The molecular formula is C9H21N3O2S. The predicted octanol–water partition coefficient (Wildman–Crippen LogP) is -0.0202. The van der Waals surface area contributed by atoms with Gasteiger partial charge in [-0.2, -0.15) is 0 Å². The summed E-state index contributed by atoms with van der Waals surface area (Å²) in [5.74, 6) is 0.806. The van der Waals surface area contributed by atoms with Crippen LogP contribution in [0, 0.1) is 5.92 Å². The quantitative estimate of drug-likeness (QED) is 0.518. The van der Waals surface area contributed by atoms with Crippen LogP contribution in [0.1, 0.15) is 20.8 Å². The van der Waals surface area contributed by atoms with E-state index in [4.69, 9.17) is 5.73 Å². The number of sulfone groups is 1. The molecule has 0 fully saturated rings. The zero-order valence-electron chi connectivity index (χ0n) is 9.82. The van der Waals surface area contributed by atoms with Gasteiger partial charge in [-0.05, 0) is 12.8 Å². The van der Waals surface area contributed by atoms with Gasteiger partial charge in [0.15, 0.2) is 5.96 Å². The van der Waals surface area contributed by atoms with Crippen molar-refractivity contribution in [3.05, 3.63) is 0 Å². The smallest absolute Gasteiger partial charge is 0.188 e. The molecule has 5 nitrogen and oxygen atoms in total. The molecule has 0 amide bonds. The van der Waals surface area contributed by atoms with Crippen molar-refractivity contribution in [3.8, 4) is 0 Å². The Bertz CT molecular complexity index is 309. The fraction of sp³-hybridized carbons (Fsp3) is 0.889. The van der Waals surface area contributed by atoms with Gasteiger partial charge in [0.25, 0.3) is 0 Å². The maximum atomic E-state index is 11.0. The molecule has 1 unspecified atom stereocenters. The normalized spacial score (nSPS) is 15.4. The molecule has 90 valence electrons. The molecular weight excluding hydrogens is 214 g/mol.